The summed E-state index contributed by atoms with van der Waals surface area (Å²) in [5.41, 5.74) is 1.91. The highest BCUT2D eigenvalue weighted by molar-refractivity contribution is 5.75. The van der Waals surface area contributed by atoms with E-state index in [1.807, 2.05) is 25.2 Å². The summed E-state index contributed by atoms with van der Waals surface area (Å²) in [7, 11) is 0. The second-order valence-corrected chi connectivity index (χ2v) is 3.28. The number of alkyl halides is 2. The lowest BCUT2D eigenvalue weighted by Crippen LogP contribution is -1.86. The summed E-state index contributed by atoms with van der Waals surface area (Å²) in [6.07, 6.45) is 4.92. The van der Waals surface area contributed by atoms with Crippen molar-refractivity contribution in [3.05, 3.63) is 66.3 Å². The van der Waals surface area contributed by atoms with Crippen LogP contribution in [-0.4, -0.2) is 0 Å². The van der Waals surface area contributed by atoms with Crippen LogP contribution in [0.4, 0.5) is 8.78 Å². The Bertz CT molecular complexity index is 397. The summed E-state index contributed by atoms with van der Waals surface area (Å²) in [6.45, 7) is 5.53. The van der Waals surface area contributed by atoms with Gasteiger partial charge in [0.25, 0.3) is 6.43 Å². The topological polar surface area (TPSA) is 0 Å². The van der Waals surface area contributed by atoms with Gasteiger partial charge in [0.05, 0.1) is 0 Å². The number of hydrogen-bond donors (Lipinski definition) is 0. The van der Waals surface area contributed by atoms with Gasteiger partial charge in [-0.15, -0.1) is 0 Å². The Morgan fingerprint density at radius 1 is 1.25 bits per heavy atom. The molecule has 1 aromatic rings. The smallest absolute Gasteiger partial charge is 0.205 e. The van der Waals surface area contributed by atoms with E-state index in [-0.39, 0.29) is 5.56 Å². The number of halogens is 2. The molecule has 1 rings (SSSR count). The van der Waals surface area contributed by atoms with Gasteiger partial charge < -0.3 is 0 Å². The molecule has 84 valence electrons. The van der Waals surface area contributed by atoms with Crippen molar-refractivity contribution in [3.8, 4) is 0 Å². The molecule has 0 aliphatic heterocycles. The first-order valence-electron chi connectivity index (χ1n) is 5.03. The summed E-state index contributed by atoms with van der Waals surface area (Å²) < 4.78 is 24.7. The Hall–Kier alpha value is -1.70. The lowest BCUT2D eigenvalue weighted by molar-refractivity contribution is 0.151. The third-order valence-corrected chi connectivity index (χ3v) is 2.14. The molecule has 0 bridgehead atoms. The van der Waals surface area contributed by atoms with E-state index in [0.29, 0.717) is 0 Å². The Morgan fingerprint density at radius 2 is 1.88 bits per heavy atom. The van der Waals surface area contributed by atoms with Crippen molar-refractivity contribution >= 4 is 5.57 Å². The molecule has 0 spiro atoms. The largest absolute Gasteiger partial charge is 0.263 e. The van der Waals surface area contributed by atoms with E-state index in [4.69, 9.17) is 0 Å². The summed E-state index contributed by atoms with van der Waals surface area (Å²) in [5.74, 6) is 0. The van der Waals surface area contributed by atoms with Crippen molar-refractivity contribution in [1.82, 2.24) is 0 Å². The van der Waals surface area contributed by atoms with Crippen molar-refractivity contribution in [3.63, 3.8) is 0 Å². The van der Waals surface area contributed by atoms with E-state index < -0.39 is 6.43 Å². The molecule has 0 N–H and O–H groups in total. The second kappa shape index (κ2) is 6.01. The standard InChI is InChI=1S/C14H14F2/c1-3-5-11(6-4-2)12-7-9-13(10-8-12)14(15)16/h3-10,14H,1H2,2H3/b6-4-,11-5+. The normalized spacial score (nSPS) is 12.4. The molecular formula is C14H14F2. The maximum Gasteiger partial charge on any atom is 0.263 e. The molecule has 0 radical (unpaired) electrons. The zero-order valence-corrected chi connectivity index (χ0v) is 9.16. The van der Waals surface area contributed by atoms with Gasteiger partial charge in [-0.1, -0.05) is 55.1 Å². The van der Waals surface area contributed by atoms with Crippen molar-refractivity contribution in [2.24, 2.45) is 0 Å². The average molecular weight is 220 g/mol. The molecule has 0 saturated heterocycles. The Kier molecular flexibility index (Phi) is 4.65. The number of benzene rings is 1. The first-order valence-corrected chi connectivity index (χ1v) is 5.03. The third-order valence-electron chi connectivity index (χ3n) is 2.14. The van der Waals surface area contributed by atoms with Crippen LogP contribution in [0.15, 0.2) is 55.1 Å². The molecule has 0 aliphatic rings. The molecule has 0 atom stereocenters. The average Bonchev–Trinajstić information content (AvgIpc) is 2.29. The van der Waals surface area contributed by atoms with E-state index in [1.165, 1.54) is 12.1 Å². The summed E-state index contributed by atoms with van der Waals surface area (Å²) in [5, 5.41) is 0. The fraction of sp³-hybridized carbons (Fsp3) is 0.143. The van der Waals surface area contributed by atoms with Gasteiger partial charge in [0.2, 0.25) is 0 Å². The maximum atomic E-state index is 12.4. The first-order chi connectivity index (χ1) is 7.69. The van der Waals surface area contributed by atoms with E-state index in [9.17, 15) is 8.78 Å². The van der Waals surface area contributed by atoms with Gasteiger partial charge in [-0.2, -0.15) is 0 Å². The van der Waals surface area contributed by atoms with Gasteiger partial charge in [0.15, 0.2) is 0 Å². The van der Waals surface area contributed by atoms with Crippen LogP contribution < -0.4 is 0 Å². The second-order valence-electron chi connectivity index (χ2n) is 3.28. The SMILES string of the molecule is C=C/C=C(\C=C/C)c1ccc(C(F)F)cc1. The lowest BCUT2D eigenvalue weighted by Gasteiger charge is -2.04. The molecule has 0 fully saturated rings. The number of allylic oxidation sites excluding steroid dienone is 5. The highest BCUT2D eigenvalue weighted by Gasteiger charge is 2.06. The number of hydrogen-bond acceptors (Lipinski definition) is 0. The van der Waals surface area contributed by atoms with Gasteiger partial charge in [0.1, 0.15) is 0 Å². The van der Waals surface area contributed by atoms with E-state index in [2.05, 4.69) is 6.58 Å². The monoisotopic (exact) mass is 220 g/mol. The molecule has 0 unspecified atom stereocenters. The summed E-state index contributed by atoms with van der Waals surface area (Å²) >= 11 is 0. The zero-order valence-electron chi connectivity index (χ0n) is 9.16. The molecule has 0 aliphatic carbocycles. The Balaban J connectivity index is 3.03. The van der Waals surface area contributed by atoms with Crippen LogP contribution in [0.1, 0.15) is 24.5 Å². The molecule has 2 heteroatoms. The zero-order chi connectivity index (χ0) is 12.0. The lowest BCUT2D eigenvalue weighted by atomic mass is 10.0. The molecule has 16 heavy (non-hydrogen) atoms. The molecule has 0 aromatic heterocycles. The molecular weight excluding hydrogens is 206 g/mol. The van der Waals surface area contributed by atoms with E-state index in [1.54, 1.807) is 18.2 Å². The maximum absolute atomic E-state index is 12.4. The van der Waals surface area contributed by atoms with Crippen LogP contribution >= 0.6 is 0 Å². The quantitative estimate of drug-likeness (QED) is 0.641. The van der Waals surface area contributed by atoms with Crippen LogP contribution in [0.3, 0.4) is 0 Å². The van der Waals surface area contributed by atoms with Gasteiger partial charge in [-0.25, -0.2) is 8.78 Å². The molecule has 0 heterocycles. The predicted octanol–water partition coefficient (Wildman–Crippen LogP) is 4.77. The summed E-state index contributed by atoms with van der Waals surface area (Å²) in [6, 6.07) is 6.27. The van der Waals surface area contributed by atoms with Crippen LogP contribution in [0.2, 0.25) is 0 Å². The van der Waals surface area contributed by atoms with Crippen LogP contribution in [0.5, 0.6) is 0 Å². The Labute approximate surface area is 94.6 Å². The molecule has 1 aromatic carbocycles. The van der Waals surface area contributed by atoms with Gasteiger partial charge in [-0.3, -0.25) is 0 Å². The highest BCUT2D eigenvalue weighted by atomic mass is 19.3. The van der Waals surface area contributed by atoms with E-state index >= 15 is 0 Å². The fourth-order valence-electron chi connectivity index (χ4n) is 1.38. The Morgan fingerprint density at radius 3 is 2.31 bits per heavy atom. The minimum Gasteiger partial charge on any atom is -0.205 e. The van der Waals surface area contributed by atoms with Crippen molar-refractivity contribution < 1.29 is 8.78 Å². The van der Waals surface area contributed by atoms with Crippen molar-refractivity contribution in [1.29, 1.82) is 0 Å². The van der Waals surface area contributed by atoms with Crippen molar-refractivity contribution in [2.45, 2.75) is 13.3 Å². The molecule has 0 nitrogen and oxygen atoms in total. The fourth-order valence-corrected chi connectivity index (χ4v) is 1.38. The van der Waals surface area contributed by atoms with Gasteiger partial charge >= 0.3 is 0 Å². The third kappa shape index (κ3) is 3.16. The summed E-state index contributed by atoms with van der Waals surface area (Å²) in [4.78, 5) is 0. The highest BCUT2D eigenvalue weighted by Crippen LogP contribution is 2.22. The van der Waals surface area contributed by atoms with Crippen molar-refractivity contribution in [2.75, 3.05) is 0 Å². The first kappa shape index (κ1) is 12.4. The number of rotatable bonds is 4. The minimum absolute atomic E-state index is 0.0437. The minimum atomic E-state index is -2.41. The van der Waals surface area contributed by atoms with Gasteiger partial charge in [0, 0.05) is 5.56 Å². The van der Waals surface area contributed by atoms with Gasteiger partial charge in [-0.05, 0) is 18.1 Å². The predicted molar refractivity (Wildman–Crippen MR) is 64.4 cm³/mol. The molecule has 0 amide bonds. The van der Waals surface area contributed by atoms with Crippen LogP contribution in [-0.2, 0) is 0 Å². The van der Waals surface area contributed by atoms with Crippen LogP contribution in [0.25, 0.3) is 5.57 Å². The van der Waals surface area contributed by atoms with E-state index in [0.717, 1.165) is 11.1 Å². The molecule has 0 saturated carbocycles. The van der Waals surface area contributed by atoms with Crippen LogP contribution in [0, 0.1) is 0 Å².